The van der Waals surface area contributed by atoms with E-state index in [-0.39, 0.29) is 10.8 Å². The van der Waals surface area contributed by atoms with Crippen molar-refractivity contribution in [2.45, 2.75) is 18.4 Å². The molecular weight excluding hydrogens is 314 g/mol. The Morgan fingerprint density at radius 1 is 1.22 bits per heavy atom. The number of carbonyl (C=O) groups is 1. The van der Waals surface area contributed by atoms with Gasteiger partial charge in [-0.3, -0.25) is 9.78 Å². The van der Waals surface area contributed by atoms with Gasteiger partial charge in [-0.05, 0) is 35.9 Å². The maximum absolute atomic E-state index is 12.4. The zero-order valence-electron chi connectivity index (χ0n) is 13.1. The number of benzene rings is 1. The van der Waals surface area contributed by atoms with Crippen LogP contribution in [0, 0.1) is 0 Å². The number of aromatic nitrogens is 1. The van der Waals surface area contributed by atoms with Gasteiger partial charge in [0.1, 0.15) is 0 Å². The highest BCUT2D eigenvalue weighted by atomic mass is 32.2. The van der Waals surface area contributed by atoms with E-state index in [4.69, 9.17) is 0 Å². The third-order valence-electron chi connectivity index (χ3n) is 3.24. The number of pyridine rings is 1. The molecule has 2 rings (SSSR count). The van der Waals surface area contributed by atoms with Crippen LogP contribution in [0.3, 0.4) is 0 Å². The molecular formula is C16H19N3O3S. The molecule has 0 aliphatic carbocycles. The Balaban J connectivity index is 2.11. The summed E-state index contributed by atoms with van der Waals surface area (Å²) in [5.74, 6) is -0.179. The molecule has 0 unspecified atom stereocenters. The second-order valence-corrected chi connectivity index (χ2v) is 6.82. The SMILES string of the molecule is CCNS(=O)(=O)c1ccc(C(=O)N(C)Cc2cccnc2)cc1. The zero-order valence-corrected chi connectivity index (χ0v) is 13.9. The molecule has 0 saturated carbocycles. The van der Waals surface area contributed by atoms with E-state index in [2.05, 4.69) is 9.71 Å². The lowest BCUT2D eigenvalue weighted by molar-refractivity contribution is 0.0785. The summed E-state index contributed by atoms with van der Waals surface area (Å²) in [5, 5.41) is 0. The van der Waals surface area contributed by atoms with Gasteiger partial charge in [0.2, 0.25) is 10.0 Å². The van der Waals surface area contributed by atoms with Crippen LogP contribution in [0.15, 0.2) is 53.7 Å². The summed E-state index contributed by atoms with van der Waals surface area (Å²) >= 11 is 0. The van der Waals surface area contributed by atoms with Gasteiger partial charge >= 0.3 is 0 Å². The molecule has 1 N–H and O–H groups in total. The first kappa shape index (κ1) is 17.1. The van der Waals surface area contributed by atoms with Crippen LogP contribution in [0.2, 0.25) is 0 Å². The van der Waals surface area contributed by atoms with Crippen molar-refractivity contribution in [1.82, 2.24) is 14.6 Å². The minimum atomic E-state index is -3.50. The third kappa shape index (κ3) is 4.37. The highest BCUT2D eigenvalue weighted by Crippen LogP contribution is 2.13. The summed E-state index contributed by atoms with van der Waals surface area (Å²) < 4.78 is 26.2. The van der Waals surface area contributed by atoms with Gasteiger partial charge < -0.3 is 4.90 Å². The lowest BCUT2D eigenvalue weighted by Crippen LogP contribution is -2.26. The van der Waals surface area contributed by atoms with Gasteiger partial charge in [-0.1, -0.05) is 13.0 Å². The van der Waals surface area contributed by atoms with Gasteiger partial charge in [0.05, 0.1) is 4.90 Å². The van der Waals surface area contributed by atoms with E-state index in [9.17, 15) is 13.2 Å². The molecule has 1 aromatic heterocycles. The molecule has 122 valence electrons. The average Bonchev–Trinajstić information content (AvgIpc) is 2.55. The molecule has 0 saturated heterocycles. The second kappa shape index (κ2) is 7.34. The molecule has 0 radical (unpaired) electrons. The predicted octanol–water partition coefficient (Wildman–Crippen LogP) is 1.65. The van der Waals surface area contributed by atoms with Crippen LogP contribution >= 0.6 is 0 Å². The molecule has 7 heteroatoms. The number of carbonyl (C=O) groups excluding carboxylic acids is 1. The van der Waals surface area contributed by atoms with Gasteiger partial charge in [0.25, 0.3) is 5.91 Å². The van der Waals surface area contributed by atoms with Crippen molar-refractivity contribution in [1.29, 1.82) is 0 Å². The maximum atomic E-state index is 12.4. The summed E-state index contributed by atoms with van der Waals surface area (Å²) in [5.41, 5.74) is 1.36. The topological polar surface area (TPSA) is 79.4 Å². The van der Waals surface area contributed by atoms with Crippen LogP contribution in [0.25, 0.3) is 0 Å². The number of hydrogen-bond acceptors (Lipinski definition) is 4. The average molecular weight is 333 g/mol. The standard InChI is InChI=1S/C16H19N3O3S/c1-3-18-23(21,22)15-8-6-14(7-9-15)16(20)19(2)12-13-5-4-10-17-11-13/h4-11,18H,3,12H2,1-2H3. The van der Waals surface area contributed by atoms with Crippen molar-refractivity contribution < 1.29 is 13.2 Å². The van der Waals surface area contributed by atoms with E-state index in [0.717, 1.165) is 5.56 Å². The van der Waals surface area contributed by atoms with Crippen molar-refractivity contribution in [2.24, 2.45) is 0 Å². The fourth-order valence-corrected chi connectivity index (χ4v) is 3.15. The number of nitrogens with zero attached hydrogens (tertiary/aromatic N) is 2. The van der Waals surface area contributed by atoms with Crippen molar-refractivity contribution >= 4 is 15.9 Å². The summed E-state index contributed by atoms with van der Waals surface area (Å²) in [7, 11) is -1.81. The first-order chi connectivity index (χ1) is 10.9. The Morgan fingerprint density at radius 2 is 1.91 bits per heavy atom. The lowest BCUT2D eigenvalue weighted by Gasteiger charge is -2.17. The Hall–Kier alpha value is -2.25. The molecule has 2 aromatic rings. The molecule has 0 spiro atoms. The fraction of sp³-hybridized carbons (Fsp3) is 0.250. The van der Waals surface area contributed by atoms with Crippen LogP contribution < -0.4 is 4.72 Å². The summed E-state index contributed by atoms with van der Waals surface area (Å²) in [4.78, 5) is 18.1. The molecule has 0 aliphatic rings. The maximum Gasteiger partial charge on any atom is 0.253 e. The summed E-state index contributed by atoms with van der Waals surface area (Å²) in [6.45, 7) is 2.46. The van der Waals surface area contributed by atoms with Gasteiger partial charge in [-0.2, -0.15) is 0 Å². The lowest BCUT2D eigenvalue weighted by atomic mass is 10.2. The first-order valence-corrected chi connectivity index (χ1v) is 8.66. The quantitative estimate of drug-likeness (QED) is 0.872. The van der Waals surface area contributed by atoms with Gasteiger partial charge in [0.15, 0.2) is 0 Å². The second-order valence-electron chi connectivity index (χ2n) is 5.05. The number of nitrogens with one attached hydrogen (secondary N) is 1. The minimum absolute atomic E-state index is 0.144. The van der Waals surface area contributed by atoms with E-state index in [1.54, 1.807) is 31.3 Å². The Morgan fingerprint density at radius 3 is 2.48 bits per heavy atom. The normalized spacial score (nSPS) is 11.2. The van der Waals surface area contributed by atoms with Crippen molar-refractivity contribution in [3.05, 3.63) is 59.9 Å². The zero-order chi connectivity index (χ0) is 16.9. The summed E-state index contributed by atoms with van der Waals surface area (Å²) in [6, 6.07) is 9.61. The number of amides is 1. The van der Waals surface area contributed by atoms with Gasteiger partial charge in [0, 0.05) is 38.1 Å². The minimum Gasteiger partial charge on any atom is -0.337 e. The molecule has 0 bridgehead atoms. The molecule has 1 heterocycles. The number of hydrogen-bond donors (Lipinski definition) is 1. The molecule has 23 heavy (non-hydrogen) atoms. The van der Waals surface area contributed by atoms with Gasteiger partial charge in [-0.15, -0.1) is 0 Å². The smallest absolute Gasteiger partial charge is 0.253 e. The first-order valence-electron chi connectivity index (χ1n) is 7.18. The number of sulfonamides is 1. The van der Waals surface area contributed by atoms with Crippen LogP contribution in [-0.4, -0.2) is 37.8 Å². The largest absolute Gasteiger partial charge is 0.337 e. The highest BCUT2D eigenvalue weighted by molar-refractivity contribution is 7.89. The van der Waals surface area contributed by atoms with E-state index in [0.29, 0.717) is 18.7 Å². The van der Waals surface area contributed by atoms with Gasteiger partial charge in [-0.25, -0.2) is 13.1 Å². The van der Waals surface area contributed by atoms with E-state index in [1.165, 1.54) is 24.3 Å². The van der Waals surface area contributed by atoms with Crippen LogP contribution in [0.5, 0.6) is 0 Å². The molecule has 0 atom stereocenters. The van der Waals surface area contributed by atoms with Crippen molar-refractivity contribution in [2.75, 3.05) is 13.6 Å². The third-order valence-corrected chi connectivity index (χ3v) is 4.80. The Bertz CT molecular complexity index is 759. The Labute approximate surface area is 136 Å². The fourth-order valence-electron chi connectivity index (χ4n) is 2.11. The molecule has 1 aromatic carbocycles. The summed E-state index contributed by atoms with van der Waals surface area (Å²) in [6.07, 6.45) is 3.38. The highest BCUT2D eigenvalue weighted by Gasteiger charge is 2.15. The van der Waals surface area contributed by atoms with E-state index >= 15 is 0 Å². The molecule has 0 fully saturated rings. The van der Waals surface area contributed by atoms with E-state index in [1.807, 2.05) is 12.1 Å². The van der Waals surface area contributed by atoms with E-state index < -0.39 is 10.0 Å². The van der Waals surface area contributed by atoms with Crippen LogP contribution in [0.4, 0.5) is 0 Å². The van der Waals surface area contributed by atoms with Crippen LogP contribution in [0.1, 0.15) is 22.8 Å². The monoisotopic (exact) mass is 333 g/mol. The van der Waals surface area contributed by atoms with Crippen molar-refractivity contribution in [3.8, 4) is 0 Å². The molecule has 6 nitrogen and oxygen atoms in total. The Kier molecular flexibility index (Phi) is 5.46. The number of rotatable bonds is 6. The molecule has 0 aliphatic heterocycles. The predicted molar refractivity (Wildman–Crippen MR) is 87.3 cm³/mol. The van der Waals surface area contributed by atoms with Crippen LogP contribution in [-0.2, 0) is 16.6 Å². The molecule has 1 amide bonds. The van der Waals surface area contributed by atoms with Crippen molar-refractivity contribution in [3.63, 3.8) is 0 Å².